The predicted octanol–water partition coefficient (Wildman–Crippen LogP) is 4.73. The van der Waals surface area contributed by atoms with Crippen LogP contribution in [0.25, 0.3) is 11.3 Å². The molecule has 1 aliphatic heterocycles. The maximum atomic E-state index is 14.0. The van der Waals surface area contributed by atoms with Gasteiger partial charge in [0, 0.05) is 11.1 Å². The summed E-state index contributed by atoms with van der Waals surface area (Å²) in [5.41, 5.74) is 2.09. The number of benzene rings is 3. The van der Waals surface area contributed by atoms with Gasteiger partial charge in [0.2, 0.25) is 5.78 Å². The zero-order valence-corrected chi connectivity index (χ0v) is 25.3. The van der Waals surface area contributed by atoms with Crippen molar-refractivity contribution in [1.29, 1.82) is 0 Å². The SMILES string of the molecule is COC(=O)[C@H]1[C@H](C(=O)OC)[C@H](c2ccccc2)N(c2nc(-c3ccccc3)c(C(=O)c3ccc(OC)cc3)s2)[C@@H]1C(=O)OC. The number of ketones is 1. The van der Waals surface area contributed by atoms with Gasteiger partial charge in [-0.1, -0.05) is 72.0 Å². The highest BCUT2D eigenvalue weighted by Gasteiger charge is 2.61. The van der Waals surface area contributed by atoms with Crippen molar-refractivity contribution in [3.05, 3.63) is 101 Å². The molecule has 226 valence electrons. The summed E-state index contributed by atoms with van der Waals surface area (Å²) in [5.74, 6) is -4.42. The number of nitrogens with zero attached hydrogens (tertiary/aromatic N) is 2. The van der Waals surface area contributed by atoms with Gasteiger partial charge < -0.3 is 23.8 Å². The van der Waals surface area contributed by atoms with Crippen LogP contribution in [0, 0.1) is 11.8 Å². The molecule has 2 heterocycles. The summed E-state index contributed by atoms with van der Waals surface area (Å²) in [6.45, 7) is 0. The molecule has 44 heavy (non-hydrogen) atoms. The first-order valence-corrected chi connectivity index (χ1v) is 14.5. The summed E-state index contributed by atoms with van der Waals surface area (Å²) in [5, 5.41) is 0.241. The Hall–Kier alpha value is -5.03. The number of thiazole rings is 1. The summed E-state index contributed by atoms with van der Waals surface area (Å²) in [6.07, 6.45) is 0. The Balaban J connectivity index is 1.76. The zero-order chi connectivity index (χ0) is 31.4. The van der Waals surface area contributed by atoms with E-state index in [2.05, 4.69) is 0 Å². The number of aromatic nitrogens is 1. The third kappa shape index (κ3) is 5.53. The first-order valence-electron chi connectivity index (χ1n) is 13.7. The largest absolute Gasteiger partial charge is 0.497 e. The van der Waals surface area contributed by atoms with Crippen molar-refractivity contribution in [2.24, 2.45) is 11.8 Å². The lowest BCUT2D eigenvalue weighted by molar-refractivity contribution is -0.159. The highest BCUT2D eigenvalue weighted by Crippen LogP contribution is 2.51. The molecule has 4 atom stereocenters. The minimum atomic E-state index is -1.32. The maximum absolute atomic E-state index is 14.0. The molecule has 0 radical (unpaired) electrons. The molecule has 0 aliphatic carbocycles. The normalized spacial score (nSPS) is 19.2. The summed E-state index contributed by atoms with van der Waals surface area (Å²) in [4.78, 5) is 61.1. The standard InChI is InChI=1S/C33H30N2O8S/c1-40-22-17-15-21(16-18-22)28(36)29-25(19-11-7-5-8-12-19)34-33(44-29)35-26(20-13-9-6-10-14-20)23(30(37)41-2)24(31(38)42-3)27(35)32(39)43-4/h5-18,23-24,26-27H,1-4H3/t23-,24-,26-,27-/m0/s1. The molecular weight excluding hydrogens is 584 g/mol. The Morgan fingerprint density at radius 3 is 1.84 bits per heavy atom. The smallest absolute Gasteiger partial charge is 0.329 e. The Morgan fingerprint density at radius 2 is 1.27 bits per heavy atom. The van der Waals surface area contributed by atoms with Crippen LogP contribution in [-0.2, 0) is 28.6 Å². The fourth-order valence-electron chi connectivity index (χ4n) is 5.61. The Bertz CT molecular complexity index is 1660. The molecule has 11 heteroatoms. The summed E-state index contributed by atoms with van der Waals surface area (Å²) >= 11 is 1.06. The van der Waals surface area contributed by atoms with Gasteiger partial charge in [-0.15, -0.1) is 0 Å². The van der Waals surface area contributed by atoms with Crippen LogP contribution in [0.5, 0.6) is 5.75 Å². The van der Waals surface area contributed by atoms with Gasteiger partial charge in [-0.25, -0.2) is 9.78 Å². The zero-order valence-electron chi connectivity index (χ0n) is 24.5. The number of anilines is 1. The lowest BCUT2D eigenvalue weighted by atomic mass is 9.84. The Kier molecular flexibility index (Phi) is 9.05. The molecule has 0 bridgehead atoms. The van der Waals surface area contributed by atoms with Gasteiger partial charge in [0.25, 0.3) is 0 Å². The molecule has 0 saturated carbocycles. The van der Waals surface area contributed by atoms with Crippen LogP contribution in [0.2, 0.25) is 0 Å². The molecule has 0 N–H and O–H groups in total. The van der Waals surface area contributed by atoms with Gasteiger partial charge in [0.05, 0.1) is 46.1 Å². The van der Waals surface area contributed by atoms with E-state index >= 15 is 0 Å². The van der Waals surface area contributed by atoms with Crippen molar-refractivity contribution in [3.8, 4) is 17.0 Å². The lowest BCUT2D eigenvalue weighted by Crippen LogP contribution is -2.44. The van der Waals surface area contributed by atoms with Gasteiger partial charge in [0.1, 0.15) is 22.6 Å². The van der Waals surface area contributed by atoms with Crippen molar-refractivity contribution in [3.63, 3.8) is 0 Å². The van der Waals surface area contributed by atoms with Crippen LogP contribution in [0.1, 0.15) is 26.8 Å². The van der Waals surface area contributed by atoms with Crippen molar-refractivity contribution in [2.75, 3.05) is 33.3 Å². The number of carbonyl (C=O) groups excluding carboxylic acids is 4. The highest BCUT2D eigenvalue weighted by molar-refractivity contribution is 7.18. The molecular formula is C33H30N2O8S. The predicted molar refractivity (Wildman–Crippen MR) is 162 cm³/mol. The first-order chi connectivity index (χ1) is 21.3. The van der Waals surface area contributed by atoms with Crippen molar-refractivity contribution in [2.45, 2.75) is 12.1 Å². The number of hydrogen-bond donors (Lipinski definition) is 0. The molecule has 3 aromatic carbocycles. The van der Waals surface area contributed by atoms with E-state index in [-0.39, 0.29) is 10.9 Å². The maximum Gasteiger partial charge on any atom is 0.329 e. The van der Waals surface area contributed by atoms with E-state index in [1.807, 2.05) is 36.4 Å². The quantitative estimate of drug-likeness (QED) is 0.149. The van der Waals surface area contributed by atoms with Crippen LogP contribution < -0.4 is 9.64 Å². The van der Waals surface area contributed by atoms with Crippen LogP contribution in [-0.4, -0.2) is 63.2 Å². The minimum absolute atomic E-state index is 0.241. The number of hydrogen-bond acceptors (Lipinski definition) is 11. The van der Waals surface area contributed by atoms with Crippen LogP contribution in [0.15, 0.2) is 84.9 Å². The van der Waals surface area contributed by atoms with E-state index in [9.17, 15) is 19.2 Å². The third-order valence-corrected chi connectivity index (χ3v) is 8.71. The fourth-order valence-corrected chi connectivity index (χ4v) is 6.73. The topological polar surface area (TPSA) is 121 Å². The molecule has 0 spiro atoms. The second-order valence-electron chi connectivity index (χ2n) is 9.93. The van der Waals surface area contributed by atoms with Crippen molar-refractivity contribution >= 4 is 40.2 Å². The molecule has 4 aromatic rings. The molecule has 10 nitrogen and oxygen atoms in total. The summed E-state index contributed by atoms with van der Waals surface area (Å²) < 4.78 is 20.7. The average Bonchev–Trinajstić information content (AvgIpc) is 3.68. The van der Waals surface area contributed by atoms with Crippen molar-refractivity contribution < 1.29 is 38.1 Å². The molecule has 0 amide bonds. The van der Waals surface area contributed by atoms with Gasteiger partial charge in [0.15, 0.2) is 5.13 Å². The fraction of sp³-hybridized carbons (Fsp3) is 0.242. The minimum Gasteiger partial charge on any atom is -0.497 e. The molecule has 5 rings (SSSR count). The average molecular weight is 615 g/mol. The van der Waals surface area contributed by atoms with E-state index in [1.54, 1.807) is 60.5 Å². The number of carbonyl (C=O) groups is 4. The second kappa shape index (κ2) is 13.1. The first kappa shape index (κ1) is 30.4. The van der Waals surface area contributed by atoms with E-state index in [0.29, 0.717) is 33.0 Å². The Morgan fingerprint density at radius 1 is 0.705 bits per heavy atom. The highest BCUT2D eigenvalue weighted by atomic mass is 32.1. The van der Waals surface area contributed by atoms with Crippen LogP contribution in [0.3, 0.4) is 0 Å². The lowest BCUT2D eigenvalue weighted by Gasteiger charge is -2.30. The van der Waals surface area contributed by atoms with Gasteiger partial charge in [-0.3, -0.25) is 14.4 Å². The van der Waals surface area contributed by atoms with Gasteiger partial charge in [-0.2, -0.15) is 0 Å². The Labute approximate surface area is 258 Å². The van der Waals surface area contributed by atoms with Crippen molar-refractivity contribution in [1.82, 2.24) is 4.98 Å². The number of esters is 3. The second-order valence-corrected chi connectivity index (χ2v) is 10.9. The van der Waals surface area contributed by atoms with Crippen LogP contribution in [0.4, 0.5) is 5.13 Å². The molecule has 1 saturated heterocycles. The number of methoxy groups -OCH3 is 4. The third-order valence-electron chi connectivity index (χ3n) is 7.64. The number of ether oxygens (including phenoxy) is 4. The molecule has 1 fully saturated rings. The van der Waals surface area contributed by atoms with E-state index in [0.717, 1.165) is 11.3 Å². The van der Waals surface area contributed by atoms with E-state index < -0.39 is 41.8 Å². The molecule has 1 aliphatic rings. The van der Waals surface area contributed by atoms with Gasteiger partial charge in [-0.05, 0) is 29.8 Å². The van der Waals surface area contributed by atoms with E-state index in [1.165, 1.54) is 21.3 Å². The summed E-state index contributed by atoms with van der Waals surface area (Å²) in [7, 11) is 5.15. The van der Waals surface area contributed by atoms with Gasteiger partial charge >= 0.3 is 17.9 Å². The molecule has 0 unspecified atom stereocenters. The number of rotatable bonds is 9. The van der Waals surface area contributed by atoms with Crippen LogP contribution >= 0.6 is 11.3 Å². The van der Waals surface area contributed by atoms with E-state index in [4.69, 9.17) is 23.9 Å². The summed E-state index contributed by atoms with van der Waals surface area (Å²) in [6, 6.07) is 22.6. The molecule has 1 aromatic heterocycles. The monoisotopic (exact) mass is 614 g/mol.